The molecule has 0 rings (SSSR count). The Balaban J connectivity index is 4.02. The average Bonchev–Trinajstić information content (AvgIpc) is 1.85. The molecule has 4 heteroatoms. The number of rotatable bonds is 3. The molecule has 0 atom stereocenters. The molecule has 0 bridgehead atoms. The molecular formula is C8H19NS2Si. The van der Waals surface area contributed by atoms with Gasteiger partial charge in [0, 0.05) is 13.1 Å². The number of thiocarbonyl (C=S) groups is 1. The summed E-state index contributed by atoms with van der Waals surface area (Å²) in [6.07, 6.45) is 0. The predicted octanol–water partition coefficient (Wildman–Crippen LogP) is 3.18. The Labute approximate surface area is 86.6 Å². The lowest BCUT2D eigenvalue weighted by atomic mass is 10.6. The van der Waals surface area contributed by atoms with E-state index in [0.717, 1.165) is 17.4 Å². The third-order valence-electron chi connectivity index (χ3n) is 1.42. The summed E-state index contributed by atoms with van der Waals surface area (Å²) in [5.41, 5.74) is 0. The highest BCUT2D eigenvalue weighted by molar-refractivity contribution is 8.43. The van der Waals surface area contributed by atoms with E-state index in [9.17, 15) is 0 Å². The van der Waals surface area contributed by atoms with E-state index in [-0.39, 0.29) is 0 Å². The summed E-state index contributed by atoms with van der Waals surface area (Å²) < 4.78 is 1.08. The Kier molecular flexibility index (Phi) is 5.44. The fraction of sp³-hybridized carbons (Fsp3) is 0.875. The fourth-order valence-corrected chi connectivity index (χ4v) is 6.19. The Morgan fingerprint density at radius 2 is 1.67 bits per heavy atom. The molecule has 0 aliphatic heterocycles. The molecule has 0 N–H and O–H groups in total. The summed E-state index contributed by atoms with van der Waals surface area (Å²) in [6.45, 7) is 13.4. The summed E-state index contributed by atoms with van der Waals surface area (Å²) in [5.74, 6) is 0. The van der Waals surface area contributed by atoms with Gasteiger partial charge in [0.2, 0.25) is 0 Å². The van der Waals surface area contributed by atoms with Crippen LogP contribution in [0.1, 0.15) is 13.8 Å². The normalized spacial score (nSPS) is 11.4. The van der Waals surface area contributed by atoms with Crippen molar-refractivity contribution in [2.24, 2.45) is 0 Å². The first kappa shape index (κ1) is 12.5. The largest absolute Gasteiger partial charge is 0.359 e. The molecule has 0 fully saturated rings. The SMILES string of the molecule is CCN(CC)C(=S)S[Si](C)(C)C. The summed E-state index contributed by atoms with van der Waals surface area (Å²) in [7, 11) is -1.08. The number of nitrogens with zero attached hydrogens (tertiary/aromatic N) is 1. The van der Waals surface area contributed by atoms with Crippen molar-refractivity contribution < 1.29 is 0 Å². The lowest BCUT2D eigenvalue weighted by Gasteiger charge is -2.25. The highest BCUT2D eigenvalue weighted by Gasteiger charge is 2.18. The van der Waals surface area contributed by atoms with Gasteiger partial charge >= 0.3 is 0 Å². The quantitative estimate of drug-likeness (QED) is 0.532. The number of hydrogen-bond acceptors (Lipinski definition) is 2. The van der Waals surface area contributed by atoms with E-state index in [1.54, 1.807) is 0 Å². The Morgan fingerprint density at radius 1 is 1.25 bits per heavy atom. The second-order valence-corrected chi connectivity index (χ2v) is 13.4. The van der Waals surface area contributed by atoms with Gasteiger partial charge in [0.05, 0.1) is 0 Å². The van der Waals surface area contributed by atoms with E-state index >= 15 is 0 Å². The van der Waals surface area contributed by atoms with Gasteiger partial charge in [-0.1, -0.05) is 31.9 Å². The minimum absolute atomic E-state index is 1.03. The molecule has 12 heavy (non-hydrogen) atoms. The van der Waals surface area contributed by atoms with Crippen molar-refractivity contribution in [3.8, 4) is 0 Å². The van der Waals surface area contributed by atoms with Crippen molar-refractivity contribution in [1.82, 2.24) is 4.90 Å². The standard InChI is InChI=1S/C8H19NS2Si/c1-6-9(7-2)8(10)11-12(3,4)5/h6-7H2,1-5H3. The van der Waals surface area contributed by atoms with Crippen LogP contribution in [-0.2, 0) is 0 Å². The van der Waals surface area contributed by atoms with Gasteiger partial charge in [-0.15, -0.1) is 11.2 Å². The molecule has 0 aromatic carbocycles. The van der Waals surface area contributed by atoms with Crippen molar-refractivity contribution in [2.45, 2.75) is 33.5 Å². The van der Waals surface area contributed by atoms with Crippen molar-refractivity contribution in [3.63, 3.8) is 0 Å². The van der Waals surface area contributed by atoms with E-state index in [0.29, 0.717) is 0 Å². The molecule has 0 unspecified atom stereocenters. The molecule has 72 valence electrons. The predicted molar refractivity (Wildman–Crippen MR) is 66.5 cm³/mol. The maximum Gasteiger partial charge on any atom is 0.130 e. The lowest BCUT2D eigenvalue weighted by Crippen LogP contribution is -2.31. The molecular weight excluding hydrogens is 202 g/mol. The van der Waals surface area contributed by atoms with Crippen LogP contribution in [0.15, 0.2) is 0 Å². The third kappa shape index (κ3) is 5.16. The van der Waals surface area contributed by atoms with E-state index in [4.69, 9.17) is 12.2 Å². The molecule has 0 amide bonds. The first-order valence-corrected chi connectivity index (χ1v) is 9.83. The van der Waals surface area contributed by atoms with E-state index < -0.39 is 7.22 Å². The van der Waals surface area contributed by atoms with Gasteiger partial charge in [-0.2, -0.15) is 0 Å². The van der Waals surface area contributed by atoms with Crippen LogP contribution in [0, 0.1) is 0 Å². The molecule has 0 heterocycles. The molecule has 0 aromatic heterocycles. The molecule has 1 nitrogen and oxygen atoms in total. The van der Waals surface area contributed by atoms with Crippen molar-refractivity contribution >= 4 is 35.0 Å². The summed E-state index contributed by atoms with van der Waals surface area (Å²) >= 11 is 7.26. The Hall–Kier alpha value is 0.457. The molecule has 0 spiro atoms. The molecule has 0 aliphatic carbocycles. The van der Waals surface area contributed by atoms with Gasteiger partial charge in [-0.25, -0.2) is 0 Å². The summed E-state index contributed by atoms with van der Waals surface area (Å²) in [6, 6.07) is 0. The monoisotopic (exact) mass is 221 g/mol. The molecule has 0 saturated carbocycles. The molecule has 0 radical (unpaired) electrons. The second kappa shape index (κ2) is 5.24. The van der Waals surface area contributed by atoms with Crippen LogP contribution in [0.4, 0.5) is 0 Å². The fourth-order valence-electron chi connectivity index (χ4n) is 0.808. The number of hydrogen-bond donors (Lipinski definition) is 0. The maximum absolute atomic E-state index is 5.35. The van der Waals surface area contributed by atoms with Crippen LogP contribution in [0.25, 0.3) is 0 Å². The van der Waals surface area contributed by atoms with Crippen molar-refractivity contribution in [2.75, 3.05) is 13.1 Å². The van der Waals surface area contributed by atoms with Crippen LogP contribution in [0.5, 0.6) is 0 Å². The average molecular weight is 221 g/mol. The Morgan fingerprint density at radius 3 is 1.92 bits per heavy atom. The zero-order valence-electron chi connectivity index (χ0n) is 8.68. The van der Waals surface area contributed by atoms with Gasteiger partial charge < -0.3 is 4.90 Å². The second-order valence-electron chi connectivity index (χ2n) is 3.65. The molecule has 0 saturated heterocycles. The van der Waals surface area contributed by atoms with Crippen LogP contribution < -0.4 is 0 Å². The van der Waals surface area contributed by atoms with Crippen LogP contribution in [0.2, 0.25) is 19.6 Å². The van der Waals surface area contributed by atoms with E-state index in [1.807, 2.05) is 11.2 Å². The van der Waals surface area contributed by atoms with Crippen molar-refractivity contribution in [3.05, 3.63) is 0 Å². The van der Waals surface area contributed by atoms with E-state index in [2.05, 4.69) is 38.4 Å². The van der Waals surface area contributed by atoms with Gasteiger partial charge in [0.25, 0.3) is 0 Å². The third-order valence-corrected chi connectivity index (χ3v) is 5.83. The zero-order valence-corrected chi connectivity index (χ0v) is 11.3. The minimum atomic E-state index is -1.08. The van der Waals surface area contributed by atoms with Gasteiger partial charge in [-0.3, -0.25) is 0 Å². The first-order valence-electron chi connectivity index (χ1n) is 4.38. The van der Waals surface area contributed by atoms with Gasteiger partial charge in [-0.05, 0) is 13.8 Å². The Bertz CT molecular complexity index is 150. The minimum Gasteiger partial charge on any atom is -0.359 e. The highest BCUT2D eigenvalue weighted by atomic mass is 32.4. The van der Waals surface area contributed by atoms with E-state index in [1.165, 1.54) is 0 Å². The van der Waals surface area contributed by atoms with Gasteiger partial charge in [0.15, 0.2) is 0 Å². The van der Waals surface area contributed by atoms with Crippen LogP contribution >= 0.6 is 23.4 Å². The van der Waals surface area contributed by atoms with Crippen LogP contribution in [-0.4, -0.2) is 29.5 Å². The summed E-state index contributed by atoms with van der Waals surface area (Å²) in [4.78, 5) is 2.25. The van der Waals surface area contributed by atoms with Crippen LogP contribution in [0.3, 0.4) is 0 Å². The first-order chi connectivity index (χ1) is 5.40. The zero-order chi connectivity index (χ0) is 9.78. The molecule has 0 aromatic rings. The maximum atomic E-state index is 5.35. The lowest BCUT2D eigenvalue weighted by molar-refractivity contribution is 0.482. The highest BCUT2D eigenvalue weighted by Crippen LogP contribution is 2.22. The van der Waals surface area contributed by atoms with Crippen molar-refractivity contribution in [1.29, 1.82) is 0 Å². The molecule has 0 aliphatic rings. The van der Waals surface area contributed by atoms with Gasteiger partial charge in [0.1, 0.15) is 11.5 Å². The smallest absolute Gasteiger partial charge is 0.130 e. The topological polar surface area (TPSA) is 3.24 Å². The summed E-state index contributed by atoms with van der Waals surface area (Å²) in [5, 5.41) is 0.